The molecule has 0 bridgehead atoms. The van der Waals surface area contributed by atoms with Gasteiger partial charge in [-0.15, -0.1) is 0 Å². The van der Waals surface area contributed by atoms with Crippen LogP contribution >= 0.6 is 0 Å². The van der Waals surface area contributed by atoms with Crippen LogP contribution in [-0.4, -0.2) is 53.7 Å². The first-order chi connectivity index (χ1) is 9.60. The number of rotatable bonds is 5. The number of nitrogens with zero attached hydrogens (tertiary/aromatic N) is 3. The minimum Gasteiger partial charge on any atom is -0.374 e. The van der Waals surface area contributed by atoms with Crippen LogP contribution in [0.5, 0.6) is 0 Å². The number of nitro groups is 1. The Morgan fingerprint density at radius 1 is 1.65 bits per heavy atom. The van der Waals surface area contributed by atoms with Crippen LogP contribution in [0.4, 0.5) is 11.5 Å². The van der Waals surface area contributed by atoms with E-state index in [4.69, 9.17) is 4.74 Å². The van der Waals surface area contributed by atoms with Crippen LogP contribution in [0.25, 0.3) is 0 Å². The maximum Gasteiger partial charge on any atom is 0.290 e. The van der Waals surface area contributed by atoms with Crippen molar-refractivity contribution < 1.29 is 9.66 Å². The summed E-state index contributed by atoms with van der Waals surface area (Å²) >= 11 is 0. The third kappa shape index (κ3) is 3.64. The van der Waals surface area contributed by atoms with E-state index < -0.39 is 4.92 Å². The molecule has 7 nitrogen and oxygen atoms in total. The van der Waals surface area contributed by atoms with E-state index >= 15 is 0 Å². The largest absolute Gasteiger partial charge is 0.374 e. The van der Waals surface area contributed by atoms with Crippen LogP contribution in [0.2, 0.25) is 0 Å². The quantitative estimate of drug-likeness (QED) is 0.649. The molecule has 1 aliphatic heterocycles. The van der Waals surface area contributed by atoms with Crippen molar-refractivity contribution in [1.29, 1.82) is 0 Å². The first-order valence-corrected chi connectivity index (χ1v) is 6.79. The topological polar surface area (TPSA) is 80.5 Å². The lowest BCUT2D eigenvalue weighted by molar-refractivity contribution is -0.385. The third-order valence-corrected chi connectivity index (χ3v) is 3.46. The normalized spacial score (nSPS) is 19.8. The second kappa shape index (κ2) is 6.62. The first-order valence-electron chi connectivity index (χ1n) is 6.79. The van der Waals surface area contributed by atoms with Gasteiger partial charge in [0.1, 0.15) is 12.0 Å². The summed E-state index contributed by atoms with van der Waals surface area (Å²) < 4.78 is 5.68. The number of hydrogen-bond donors (Lipinski definition) is 1. The SMILES string of the molecule is CCN1CCOC(CNc2cc(C)c([N+](=O)[O-])cn2)C1. The molecule has 1 atom stereocenters. The van der Waals surface area contributed by atoms with Gasteiger partial charge in [-0.1, -0.05) is 6.92 Å². The molecular formula is C13H20N4O3. The Morgan fingerprint density at radius 3 is 3.10 bits per heavy atom. The molecule has 1 N–H and O–H groups in total. The predicted octanol–water partition coefficient (Wildman–Crippen LogP) is 1.43. The molecular weight excluding hydrogens is 260 g/mol. The zero-order chi connectivity index (χ0) is 14.5. The van der Waals surface area contributed by atoms with E-state index in [1.54, 1.807) is 13.0 Å². The highest BCUT2D eigenvalue weighted by molar-refractivity contribution is 5.46. The summed E-state index contributed by atoms with van der Waals surface area (Å²) in [5.41, 5.74) is 0.647. The fourth-order valence-electron chi connectivity index (χ4n) is 2.25. The smallest absolute Gasteiger partial charge is 0.290 e. The highest BCUT2D eigenvalue weighted by Crippen LogP contribution is 2.19. The van der Waals surface area contributed by atoms with Crippen LogP contribution in [0.1, 0.15) is 12.5 Å². The molecule has 0 radical (unpaired) electrons. The predicted molar refractivity (Wildman–Crippen MR) is 76.0 cm³/mol. The third-order valence-electron chi connectivity index (χ3n) is 3.46. The molecule has 0 aromatic carbocycles. The fourth-order valence-corrected chi connectivity index (χ4v) is 2.25. The van der Waals surface area contributed by atoms with Crippen molar-refractivity contribution in [3.63, 3.8) is 0 Å². The maximum atomic E-state index is 10.7. The lowest BCUT2D eigenvalue weighted by Crippen LogP contribution is -2.45. The molecule has 1 saturated heterocycles. The van der Waals surface area contributed by atoms with Crippen molar-refractivity contribution in [2.75, 3.05) is 38.1 Å². The summed E-state index contributed by atoms with van der Waals surface area (Å²) in [6.45, 7) is 8.14. The van der Waals surface area contributed by atoms with E-state index in [-0.39, 0.29) is 11.8 Å². The summed E-state index contributed by atoms with van der Waals surface area (Å²) in [4.78, 5) is 16.7. The Hall–Kier alpha value is -1.73. The van der Waals surface area contributed by atoms with Gasteiger partial charge in [0.25, 0.3) is 5.69 Å². The number of ether oxygens (including phenoxy) is 1. The van der Waals surface area contributed by atoms with E-state index in [0.717, 1.165) is 26.2 Å². The van der Waals surface area contributed by atoms with Crippen molar-refractivity contribution >= 4 is 11.5 Å². The molecule has 1 fully saturated rings. The van der Waals surface area contributed by atoms with Gasteiger partial charge in [-0.3, -0.25) is 15.0 Å². The zero-order valence-corrected chi connectivity index (χ0v) is 11.8. The molecule has 2 heterocycles. The highest BCUT2D eigenvalue weighted by atomic mass is 16.6. The lowest BCUT2D eigenvalue weighted by atomic mass is 10.2. The molecule has 0 saturated carbocycles. The Bertz CT molecular complexity index is 481. The highest BCUT2D eigenvalue weighted by Gasteiger charge is 2.19. The summed E-state index contributed by atoms with van der Waals surface area (Å²) in [6, 6.07) is 1.69. The second-order valence-corrected chi connectivity index (χ2v) is 4.88. The number of pyridine rings is 1. The van der Waals surface area contributed by atoms with Gasteiger partial charge < -0.3 is 10.1 Å². The van der Waals surface area contributed by atoms with Crippen LogP contribution in [-0.2, 0) is 4.74 Å². The monoisotopic (exact) mass is 280 g/mol. The van der Waals surface area contributed by atoms with Gasteiger partial charge in [0, 0.05) is 25.2 Å². The average molecular weight is 280 g/mol. The number of anilines is 1. The molecule has 7 heteroatoms. The number of morpholine rings is 1. The van der Waals surface area contributed by atoms with Gasteiger partial charge in [-0.2, -0.15) is 0 Å². The van der Waals surface area contributed by atoms with Crippen molar-refractivity contribution in [2.24, 2.45) is 0 Å². The number of aromatic nitrogens is 1. The van der Waals surface area contributed by atoms with Crippen LogP contribution in [0, 0.1) is 17.0 Å². The number of aryl methyl sites for hydroxylation is 1. The van der Waals surface area contributed by atoms with Crippen LogP contribution in [0.3, 0.4) is 0 Å². The zero-order valence-electron chi connectivity index (χ0n) is 11.8. The molecule has 20 heavy (non-hydrogen) atoms. The maximum absolute atomic E-state index is 10.7. The van der Waals surface area contributed by atoms with Crippen molar-refractivity contribution in [3.05, 3.63) is 27.9 Å². The first kappa shape index (κ1) is 14.7. The molecule has 1 aliphatic rings. The van der Waals surface area contributed by atoms with Gasteiger partial charge in [0.2, 0.25) is 0 Å². The van der Waals surface area contributed by atoms with Crippen LogP contribution in [0.15, 0.2) is 12.3 Å². The Morgan fingerprint density at radius 2 is 2.45 bits per heavy atom. The van der Waals surface area contributed by atoms with Gasteiger partial charge >= 0.3 is 0 Å². The molecule has 1 aromatic rings. The lowest BCUT2D eigenvalue weighted by Gasteiger charge is -2.32. The van der Waals surface area contributed by atoms with Gasteiger partial charge in [-0.05, 0) is 19.5 Å². The van der Waals surface area contributed by atoms with Gasteiger partial charge in [0.05, 0.1) is 17.6 Å². The minimum absolute atomic E-state index is 0.0432. The minimum atomic E-state index is -0.421. The van der Waals surface area contributed by atoms with E-state index in [0.29, 0.717) is 17.9 Å². The Kier molecular flexibility index (Phi) is 4.86. The molecule has 0 amide bonds. The van der Waals surface area contributed by atoms with Crippen molar-refractivity contribution in [3.8, 4) is 0 Å². The fraction of sp³-hybridized carbons (Fsp3) is 0.615. The van der Waals surface area contributed by atoms with Crippen LogP contribution < -0.4 is 5.32 Å². The van der Waals surface area contributed by atoms with E-state index in [1.165, 1.54) is 6.20 Å². The molecule has 0 spiro atoms. The number of nitrogens with one attached hydrogen (secondary N) is 1. The number of hydrogen-bond acceptors (Lipinski definition) is 6. The molecule has 110 valence electrons. The molecule has 1 unspecified atom stereocenters. The summed E-state index contributed by atoms with van der Waals surface area (Å²) in [6.07, 6.45) is 1.42. The summed E-state index contributed by atoms with van der Waals surface area (Å²) in [7, 11) is 0. The average Bonchev–Trinajstić information content (AvgIpc) is 2.45. The molecule has 1 aromatic heterocycles. The molecule has 0 aliphatic carbocycles. The van der Waals surface area contributed by atoms with Crippen molar-refractivity contribution in [2.45, 2.75) is 20.0 Å². The second-order valence-electron chi connectivity index (χ2n) is 4.88. The van der Waals surface area contributed by atoms with E-state index in [1.807, 2.05) is 0 Å². The number of likely N-dealkylation sites (N-methyl/N-ethyl adjacent to an activating group) is 1. The van der Waals surface area contributed by atoms with E-state index in [2.05, 4.69) is 22.1 Å². The molecule has 2 rings (SSSR count). The summed E-state index contributed by atoms with van der Waals surface area (Å²) in [5, 5.41) is 13.9. The van der Waals surface area contributed by atoms with Gasteiger partial charge in [0.15, 0.2) is 0 Å². The van der Waals surface area contributed by atoms with E-state index in [9.17, 15) is 10.1 Å². The van der Waals surface area contributed by atoms with Crippen molar-refractivity contribution in [1.82, 2.24) is 9.88 Å². The summed E-state index contributed by atoms with van der Waals surface area (Å²) in [5.74, 6) is 0.644. The Balaban J connectivity index is 1.91. The standard InChI is InChI=1S/C13H20N4O3/c1-3-16-4-5-20-11(9-16)7-14-13-6-10(2)12(8-15-13)17(18)19/h6,8,11H,3-5,7,9H2,1-2H3,(H,14,15). The van der Waals surface area contributed by atoms with Gasteiger partial charge in [-0.25, -0.2) is 4.98 Å². The Labute approximate surface area is 118 Å².